The molecule has 1 unspecified atom stereocenters. The smallest absolute Gasteiger partial charge is 0.160 e. The molecule has 1 atom stereocenters. The van der Waals surface area contributed by atoms with Crippen LogP contribution in [0, 0.1) is 6.92 Å². The minimum absolute atomic E-state index is 0.206. The second-order valence-electron chi connectivity index (χ2n) is 4.94. The van der Waals surface area contributed by atoms with Crippen molar-refractivity contribution in [2.45, 2.75) is 44.0 Å². The molecule has 1 aromatic carbocycles. The molecule has 1 aromatic rings. The van der Waals surface area contributed by atoms with Gasteiger partial charge in [0.25, 0.3) is 0 Å². The van der Waals surface area contributed by atoms with Crippen molar-refractivity contribution < 1.29 is 14.0 Å². The fourth-order valence-corrected chi connectivity index (χ4v) is 2.14. The Labute approximate surface area is 119 Å². The van der Waals surface area contributed by atoms with Gasteiger partial charge in [0.05, 0.1) is 12.7 Å². The van der Waals surface area contributed by atoms with E-state index in [-0.39, 0.29) is 6.10 Å². The first-order valence-corrected chi connectivity index (χ1v) is 7.11. The quantitative estimate of drug-likeness (QED) is 0.567. The van der Waals surface area contributed by atoms with Gasteiger partial charge in [0, 0.05) is 16.9 Å². The van der Waals surface area contributed by atoms with Crippen molar-refractivity contribution in [2.24, 2.45) is 5.73 Å². The van der Waals surface area contributed by atoms with Gasteiger partial charge in [0.1, 0.15) is 0 Å². The molecule has 4 nitrogen and oxygen atoms in total. The molecular formula is C14H23NO3S. The van der Waals surface area contributed by atoms with E-state index in [4.69, 9.17) is 14.7 Å². The Morgan fingerprint density at radius 2 is 1.95 bits per heavy atom. The first-order chi connectivity index (χ1) is 8.90. The van der Waals surface area contributed by atoms with Gasteiger partial charge in [-0.3, -0.25) is 0 Å². The maximum absolute atomic E-state index is 9.64. The molecule has 0 spiro atoms. The fraction of sp³-hybridized carbons (Fsp3) is 0.571. The molecule has 0 radical (unpaired) electrons. The molecule has 5 heteroatoms. The number of aliphatic hydroxyl groups is 1. The van der Waals surface area contributed by atoms with E-state index in [1.54, 1.807) is 13.8 Å². The van der Waals surface area contributed by atoms with Gasteiger partial charge < -0.3 is 19.8 Å². The predicted octanol–water partition coefficient (Wildman–Crippen LogP) is 2.48. The highest BCUT2D eigenvalue weighted by Crippen LogP contribution is 2.21. The van der Waals surface area contributed by atoms with E-state index >= 15 is 0 Å². The summed E-state index contributed by atoms with van der Waals surface area (Å²) in [7, 11) is 0. The van der Waals surface area contributed by atoms with Crippen LogP contribution in [-0.4, -0.2) is 30.1 Å². The molecule has 0 saturated carbocycles. The van der Waals surface area contributed by atoms with Crippen LogP contribution in [0.15, 0.2) is 29.2 Å². The van der Waals surface area contributed by atoms with E-state index in [0.29, 0.717) is 19.6 Å². The monoisotopic (exact) mass is 285 g/mol. The van der Waals surface area contributed by atoms with Gasteiger partial charge in [-0.2, -0.15) is 0 Å². The second-order valence-corrected chi connectivity index (χ2v) is 5.82. The Hall–Kier alpha value is -0.590. The third kappa shape index (κ3) is 7.54. The van der Waals surface area contributed by atoms with Crippen LogP contribution in [0.2, 0.25) is 0 Å². The first-order valence-electron chi connectivity index (χ1n) is 6.37. The maximum atomic E-state index is 9.64. The predicted molar refractivity (Wildman–Crippen MR) is 77.8 cm³/mol. The Bertz CT molecular complexity index is 362. The summed E-state index contributed by atoms with van der Waals surface area (Å²) < 4.78 is 11.0. The molecule has 108 valence electrons. The van der Waals surface area contributed by atoms with Crippen LogP contribution in [0.5, 0.6) is 0 Å². The third-order valence-electron chi connectivity index (χ3n) is 2.37. The molecule has 0 aliphatic carbocycles. The Morgan fingerprint density at radius 1 is 1.32 bits per heavy atom. The zero-order chi connectivity index (χ0) is 14.3. The van der Waals surface area contributed by atoms with Crippen LogP contribution in [0.25, 0.3) is 0 Å². The lowest BCUT2D eigenvalue weighted by molar-refractivity contribution is -0.210. The summed E-state index contributed by atoms with van der Waals surface area (Å²) in [6, 6.07) is 8.09. The number of rotatable bonds is 8. The summed E-state index contributed by atoms with van der Waals surface area (Å²) in [5.74, 6) is -1.17. The number of hydrogen-bond acceptors (Lipinski definition) is 5. The minimum atomic E-state index is -1.17. The summed E-state index contributed by atoms with van der Waals surface area (Å²) >= 11 is 1.31. The van der Waals surface area contributed by atoms with Gasteiger partial charge >= 0.3 is 0 Å². The van der Waals surface area contributed by atoms with Crippen molar-refractivity contribution in [2.75, 3.05) is 13.2 Å². The zero-order valence-electron chi connectivity index (χ0n) is 11.8. The van der Waals surface area contributed by atoms with Gasteiger partial charge in [-0.15, -0.1) is 0 Å². The standard InChI is InChI=1S/C14H23NO3S/c1-11-4-6-13(7-5-11)19-17-10-12(8-9-15)18-14(2,3)16/h4-7,12,16H,8-10,15H2,1-3H3. The van der Waals surface area contributed by atoms with Gasteiger partial charge in [-0.25, -0.2) is 0 Å². The van der Waals surface area contributed by atoms with E-state index in [9.17, 15) is 5.11 Å². The summed E-state index contributed by atoms with van der Waals surface area (Å²) in [6.45, 7) is 6.13. The van der Waals surface area contributed by atoms with Crippen molar-refractivity contribution >= 4 is 12.0 Å². The summed E-state index contributed by atoms with van der Waals surface area (Å²) in [5.41, 5.74) is 6.74. The third-order valence-corrected chi connectivity index (χ3v) is 3.09. The molecule has 0 aromatic heterocycles. The maximum Gasteiger partial charge on any atom is 0.160 e. The first kappa shape index (κ1) is 16.5. The van der Waals surface area contributed by atoms with Crippen LogP contribution >= 0.6 is 12.0 Å². The highest BCUT2D eigenvalue weighted by molar-refractivity contribution is 7.94. The van der Waals surface area contributed by atoms with E-state index in [0.717, 1.165) is 4.90 Å². The van der Waals surface area contributed by atoms with Gasteiger partial charge in [-0.05, 0) is 45.9 Å². The Kier molecular flexibility index (Phi) is 6.82. The van der Waals surface area contributed by atoms with Gasteiger partial charge in [0.2, 0.25) is 0 Å². The lowest BCUT2D eigenvalue weighted by atomic mass is 10.2. The van der Waals surface area contributed by atoms with E-state index in [2.05, 4.69) is 0 Å². The average Bonchev–Trinajstić information content (AvgIpc) is 2.30. The molecule has 0 saturated heterocycles. The van der Waals surface area contributed by atoms with Crippen molar-refractivity contribution in [1.82, 2.24) is 0 Å². The highest BCUT2D eigenvalue weighted by atomic mass is 32.2. The number of benzene rings is 1. The van der Waals surface area contributed by atoms with Crippen molar-refractivity contribution in [3.05, 3.63) is 29.8 Å². The number of ether oxygens (including phenoxy) is 1. The van der Waals surface area contributed by atoms with E-state index in [1.165, 1.54) is 17.6 Å². The fourth-order valence-electron chi connectivity index (χ4n) is 1.54. The molecule has 0 heterocycles. The van der Waals surface area contributed by atoms with Crippen LogP contribution in [0.3, 0.4) is 0 Å². The van der Waals surface area contributed by atoms with Crippen LogP contribution in [0.4, 0.5) is 0 Å². The van der Waals surface area contributed by atoms with Crippen LogP contribution in [-0.2, 0) is 8.92 Å². The van der Waals surface area contributed by atoms with Crippen LogP contribution in [0.1, 0.15) is 25.8 Å². The molecule has 1 rings (SSSR count). The van der Waals surface area contributed by atoms with E-state index < -0.39 is 5.79 Å². The van der Waals surface area contributed by atoms with Crippen molar-refractivity contribution in [3.8, 4) is 0 Å². The lowest BCUT2D eigenvalue weighted by Crippen LogP contribution is -2.33. The number of aryl methyl sites for hydroxylation is 1. The topological polar surface area (TPSA) is 64.7 Å². The zero-order valence-corrected chi connectivity index (χ0v) is 12.6. The molecule has 0 amide bonds. The molecule has 0 fully saturated rings. The summed E-state index contributed by atoms with van der Waals surface area (Å²) in [4.78, 5) is 1.04. The molecule has 0 aliphatic heterocycles. The van der Waals surface area contributed by atoms with Gasteiger partial charge in [-0.1, -0.05) is 17.7 Å². The molecule has 0 aliphatic rings. The lowest BCUT2D eigenvalue weighted by Gasteiger charge is -2.25. The highest BCUT2D eigenvalue weighted by Gasteiger charge is 2.20. The molecule has 3 N–H and O–H groups in total. The number of nitrogens with two attached hydrogens (primary N) is 1. The molecular weight excluding hydrogens is 262 g/mol. The summed E-state index contributed by atoms with van der Waals surface area (Å²) in [6.07, 6.45) is 0.446. The Morgan fingerprint density at radius 3 is 2.47 bits per heavy atom. The summed E-state index contributed by atoms with van der Waals surface area (Å²) in [5, 5.41) is 9.64. The van der Waals surface area contributed by atoms with Crippen LogP contribution < -0.4 is 5.73 Å². The number of hydrogen-bond donors (Lipinski definition) is 2. The largest absolute Gasteiger partial charge is 0.366 e. The Balaban J connectivity index is 2.37. The van der Waals surface area contributed by atoms with E-state index in [1.807, 2.05) is 31.2 Å². The van der Waals surface area contributed by atoms with Gasteiger partial charge in [0.15, 0.2) is 5.79 Å². The molecule has 0 bridgehead atoms. The SMILES string of the molecule is Cc1ccc(SOCC(CCN)OC(C)(C)O)cc1. The van der Waals surface area contributed by atoms with Crippen molar-refractivity contribution in [1.29, 1.82) is 0 Å². The minimum Gasteiger partial charge on any atom is -0.366 e. The normalized spacial score (nSPS) is 13.5. The second kappa shape index (κ2) is 7.87. The average molecular weight is 285 g/mol. The van der Waals surface area contributed by atoms with Crippen molar-refractivity contribution in [3.63, 3.8) is 0 Å². The molecule has 19 heavy (non-hydrogen) atoms.